The second-order valence-corrected chi connectivity index (χ2v) is 5.61. The van der Waals surface area contributed by atoms with Gasteiger partial charge in [-0.05, 0) is 44.0 Å². The summed E-state index contributed by atoms with van der Waals surface area (Å²) >= 11 is 0. The van der Waals surface area contributed by atoms with E-state index < -0.39 is 0 Å². The van der Waals surface area contributed by atoms with Crippen LogP contribution in [0.1, 0.15) is 37.9 Å². The monoisotopic (exact) mass is 328 g/mol. The minimum absolute atomic E-state index is 0.0148. The Bertz CT molecular complexity index is 789. The lowest BCUT2D eigenvalue weighted by atomic mass is 10.1. The van der Waals surface area contributed by atoms with E-state index in [1.165, 1.54) is 0 Å². The van der Waals surface area contributed by atoms with Crippen LogP contribution in [0.25, 0.3) is 0 Å². The first-order valence-electron chi connectivity index (χ1n) is 8.17. The molecule has 0 bridgehead atoms. The average molecular weight is 328 g/mol. The van der Waals surface area contributed by atoms with Crippen LogP contribution in [0.5, 0.6) is 11.5 Å². The van der Waals surface area contributed by atoms with Crippen molar-refractivity contribution in [3.63, 3.8) is 0 Å². The smallest absolute Gasteiger partial charge is 0.263 e. The molecule has 0 amide bonds. The molecule has 0 fully saturated rings. The van der Waals surface area contributed by atoms with E-state index in [1.807, 2.05) is 45.0 Å². The Balaban J connectivity index is 2.55. The average Bonchev–Trinajstić information content (AvgIpc) is 2.58. The number of benzene rings is 1. The van der Waals surface area contributed by atoms with Gasteiger partial charge in [-0.3, -0.25) is 9.79 Å². The summed E-state index contributed by atoms with van der Waals surface area (Å²) < 4.78 is 6.83. The zero-order valence-corrected chi connectivity index (χ0v) is 14.7. The van der Waals surface area contributed by atoms with Gasteiger partial charge in [0.15, 0.2) is 0 Å². The number of aryl methyl sites for hydroxylation is 1. The van der Waals surface area contributed by atoms with Crippen LogP contribution in [-0.4, -0.2) is 22.5 Å². The summed E-state index contributed by atoms with van der Waals surface area (Å²) in [6.07, 6.45) is 1.39. The van der Waals surface area contributed by atoms with E-state index in [1.54, 1.807) is 17.7 Å². The van der Waals surface area contributed by atoms with E-state index in [0.29, 0.717) is 24.4 Å². The van der Waals surface area contributed by atoms with Crippen LogP contribution in [0.4, 0.5) is 5.69 Å². The van der Waals surface area contributed by atoms with Gasteiger partial charge in [-0.25, -0.2) is 0 Å². The van der Waals surface area contributed by atoms with Gasteiger partial charge in [0.1, 0.15) is 17.1 Å². The number of hydrogen-bond donors (Lipinski definition) is 1. The third-order valence-electron chi connectivity index (χ3n) is 3.89. The maximum Gasteiger partial charge on any atom is 0.263 e. The van der Waals surface area contributed by atoms with Crippen molar-refractivity contribution >= 4 is 11.4 Å². The molecule has 5 heteroatoms. The SMILES string of the molecule is CCCn1c(C)cc(O)c(C(CC)=Nc2ccc(OC)cc2)c1=O. The Morgan fingerprint density at radius 1 is 1.25 bits per heavy atom. The molecule has 0 aliphatic carbocycles. The van der Waals surface area contributed by atoms with Gasteiger partial charge in [-0.15, -0.1) is 0 Å². The Kier molecular flexibility index (Phi) is 5.79. The molecule has 2 rings (SSSR count). The predicted octanol–water partition coefficient (Wildman–Crippen LogP) is 3.81. The molecular formula is C19H24N2O3. The molecule has 0 aliphatic rings. The summed E-state index contributed by atoms with van der Waals surface area (Å²) in [6, 6.07) is 8.91. The maximum atomic E-state index is 12.8. The minimum Gasteiger partial charge on any atom is -0.507 e. The third kappa shape index (κ3) is 3.67. The van der Waals surface area contributed by atoms with Crippen molar-refractivity contribution in [1.82, 2.24) is 4.57 Å². The van der Waals surface area contributed by atoms with Crippen molar-refractivity contribution in [1.29, 1.82) is 0 Å². The van der Waals surface area contributed by atoms with Crippen molar-refractivity contribution in [3.8, 4) is 11.5 Å². The number of hydrogen-bond acceptors (Lipinski definition) is 4. The lowest BCUT2D eigenvalue weighted by Gasteiger charge is -2.14. The molecule has 0 spiro atoms. The number of aromatic nitrogens is 1. The highest BCUT2D eigenvalue weighted by molar-refractivity contribution is 6.03. The molecule has 0 radical (unpaired) electrons. The quantitative estimate of drug-likeness (QED) is 0.820. The van der Waals surface area contributed by atoms with E-state index in [4.69, 9.17) is 4.74 Å². The molecule has 1 aromatic heterocycles. The molecule has 1 N–H and O–H groups in total. The summed E-state index contributed by atoms with van der Waals surface area (Å²) in [5, 5.41) is 10.3. The molecule has 0 saturated carbocycles. The van der Waals surface area contributed by atoms with Crippen LogP contribution in [-0.2, 0) is 6.54 Å². The highest BCUT2D eigenvalue weighted by atomic mass is 16.5. The van der Waals surface area contributed by atoms with Crippen molar-refractivity contribution in [2.24, 2.45) is 4.99 Å². The lowest BCUT2D eigenvalue weighted by molar-refractivity contribution is 0.415. The van der Waals surface area contributed by atoms with E-state index in [0.717, 1.165) is 17.9 Å². The highest BCUT2D eigenvalue weighted by Crippen LogP contribution is 2.22. The number of ether oxygens (including phenoxy) is 1. The fraction of sp³-hybridized carbons (Fsp3) is 0.368. The first-order chi connectivity index (χ1) is 11.5. The molecule has 0 unspecified atom stereocenters. The lowest BCUT2D eigenvalue weighted by Crippen LogP contribution is -2.28. The number of aromatic hydroxyl groups is 1. The van der Waals surface area contributed by atoms with Gasteiger partial charge >= 0.3 is 0 Å². The minimum atomic E-state index is -0.191. The predicted molar refractivity (Wildman–Crippen MR) is 96.9 cm³/mol. The summed E-state index contributed by atoms with van der Waals surface area (Å²) in [5.41, 5.74) is 2.14. The summed E-state index contributed by atoms with van der Waals surface area (Å²) in [4.78, 5) is 17.4. The van der Waals surface area contributed by atoms with Crippen molar-refractivity contribution in [2.75, 3.05) is 7.11 Å². The van der Waals surface area contributed by atoms with E-state index in [2.05, 4.69) is 4.99 Å². The molecule has 0 saturated heterocycles. The van der Waals surface area contributed by atoms with Crippen LogP contribution >= 0.6 is 0 Å². The topological polar surface area (TPSA) is 63.8 Å². The molecule has 0 aliphatic heterocycles. The first kappa shape index (κ1) is 17.8. The van der Waals surface area contributed by atoms with Crippen molar-refractivity contribution in [3.05, 3.63) is 51.9 Å². The Morgan fingerprint density at radius 2 is 1.92 bits per heavy atom. The molecular weight excluding hydrogens is 304 g/mol. The van der Waals surface area contributed by atoms with Crippen LogP contribution in [0.15, 0.2) is 40.1 Å². The number of methoxy groups -OCH3 is 1. The fourth-order valence-corrected chi connectivity index (χ4v) is 2.65. The first-order valence-corrected chi connectivity index (χ1v) is 8.17. The maximum absolute atomic E-state index is 12.8. The van der Waals surface area contributed by atoms with Crippen LogP contribution in [0.3, 0.4) is 0 Å². The standard InChI is InChI=1S/C19H24N2O3/c1-5-11-21-13(3)12-17(22)18(19(21)23)16(6-2)20-14-7-9-15(24-4)10-8-14/h7-10,12,22H,5-6,11H2,1-4H3. The van der Waals surface area contributed by atoms with Crippen LogP contribution in [0.2, 0.25) is 0 Å². The van der Waals surface area contributed by atoms with E-state index >= 15 is 0 Å². The second-order valence-electron chi connectivity index (χ2n) is 5.61. The van der Waals surface area contributed by atoms with E-state index in [9.17, 15) is 9.90 Å². The summed E-state index contributed by atoms with van der Waals surface area (Å²) in [7, 11) is 1.61. The third-order valence-corrected chi connectivity index (χ3v) is 3.89. The molecule has 128 valence electrons. The van der Waals surface area contributed by atoms with Gasteiger partial charge in [-0.2, -0.15) is 0 Å². The normalized spacial score (nSPS) is 11.6. The number of aliphatic imine (C=N–C) groups is 1. The zero-order chi connectivity index (χ0) is 17.7. The number of pyridine rings is 1. The van der Waals surface area contributed by atoms with Crippen molar-refractivity contribution in [2.45, 2.75) is 40.2 Å². The zero-order valence-electron chi connectivity index (χ0n) is 14.7. The van der Waals surface area contributed by atoms with E-state index in [-0.39, 0.29) is 16.9 Å². The van der Waals surface area contributed by atoms with Gasteiger partial charge in [0, 0.05) is 18.3 Å². The Hall–Kier alpha value is -2.56. The second kappa shape index (κ2) is 7.81. The molecule has 1 aromatic carbocycles. The van der Waals surface area contributed by atoms with Gasteiger partial charge in [-0.1, -0.05) is 13.8 Å². The molecule has 5 nitrogen and oxygen atoms in total. The summed E-state index contributed by atoms with van der Waals surface area (Å²) in [6.45, 7) is 6.39. The number of rotatable bonds is 6. The largest absolute Gasteiger partial charge is 0.507 e. The summed E-state index contributed by atoms with van der Waals surface area (Å²) in [5.74, 6) is 0.731. The Morgan fingerprint density at radius 3 is 2.46 bits per heavy atom. The molecule has 0 atom stereocenters. The van der Waals surface area contributed by atoms with Gasteiger partial charge in [0.05, 0.1) is 18.5 Å². The molecule has 24 heavy (non-hydrogen) atoms. The van der Waals surface area contributed by atoms with Gasteiger partial charge in [0.25, 0.3) is 5.56 Å². The number of nitrogens with zero attached hydrogens (tertiary/aromatic N) is 2. The molecule has 2 aromatic rings. The Labute approximate surface area is 142 Å². The van der Waals surface area contributed by atoms with Gasteiger partial charge < -0.3 is 14.4 Å². The van der Waals surface area contributed by atoms with Gasteiger partial charge in [0.2, 0.25) is 0 Å². The van der Waals surface area contributed by atoms with Crippen LogP contribution < -0.4 is 10.3 Å². The molecule has 1 heterocycles. The van der Waals surface area contributed by atoms with Crippen LogP contribution in [0, 0.1) is 6.92 Å². The fourth-order valence-electron chi connectivity index (χ4n) is 2.65. The van der Waals surface area contributed by atoms with Crippen molar-refractivity contribution < 1.29 is 9.84 Å². The highest BCUT2D eigenvalue weighted by Gasteiger charge is 2.16.